The molecule has 0 spiro atoms. The maximum absolute atomic E-state index is 11.7. The van der Waals surface area contributed by atoms with Crippen molar-refractivity contribution in [3.05, 3.63) is 29.8 Å². The lowest BCUT2D eigenvalue weighted by atomic mass is 10.2. The van der Waals surface area contributed by atoms with Gasteiger partial charge in [-0.25, -0.2) is 4.79 Å². The van der Waals surface area contributed by atoms with Gasteiger partial charge in [0.2, 0.25) is 0 Å². The average molecular weight is 297 g/mol. The number of rotatable bonds is 8. The van der Waals surface area contributed by atoms with Gasteiger partial charge < -0.3 is 15.2 Å². The van der Waals surface area contributed by atoms with E-state index in [1.54, 1.807) is 23.9 Å². The molecule has 1 atom stereocenters. The molecule has 0 aromatic heterocycles. The third-order valence-corrected chi connectivity index (χ3v) is 3.28. The van der Waals surface area contributed by atoms with Crippen LogP contribution in [0.4, 0.5) is 0 Å². The first-order valence-electron chi connectivity index (χ1n) is 6.23. The van der Waals surface area contributed by atoms with Crippen LogP contribution in [0.3, 0.4) is 0 Å². The quantitative estimate of drug-likeness (QED) is 0.764. The average Bonchev–Trinajstić information content (AvgIpc) is 2.42. The van der Waals surface area contributed by atoms with E-state index >= 15 is 0 Å². The molecule has 0 aliphatic carbocycles. The summed E-state index contributed by atoms with van der Waals surface area (Å²) in [5.41, 5.74) is 1.10. The lowest BCUT2D eigenvalue weighted by molar-refractivity contribution is -0.142. The zero-order valence-electron chi connectivity index (χ0n) is 11.6. The number of aryl methyl sites for hydroxylation is 1. The number of hydrogen-bond acceptors (Lipinski definition) is 4. The summed E-state index contributed by atoms with van der Waals surface area (Å²) in [6, 6.07) is 6.43. The molecule has 0 heterocycles. The van der Waals surface area contributed by atoms with Crippen molar-refractivity contribution in [2.24, 2.45) is 0 Å². The van der Waals surface area contributed by atoms with Gasteiger partial charge in [-0.05, 0) is 37.5 Å². The summed E-state index contributed by atoms with van der Waals surface area (Å²) in [6.07, 6.45) is 2.29. The number of aliphatic carboxylic acids is 1. The van der Waals surface area contributed by atoms with Gasteiger partial charge in [0.05, 0.1) is 0 Å². The van der Waals surface area contributed by atoms with Crippen LogP contribution in [0, 0.1) is 6.92 Å². The highest BCUT2D eigenvalue weighted by atomic mass is 32.2. The lowest BCUT2D eigenvalue weighted by Crippen LogP contribution is -2.43. The van der Waals surface area contributed by atoms with E-state index in [4.69, 9.17) is 9.84 Å². The van der Waals surface area contributed by atoms with Gasteiger partial charge >= 0.3 is 5.97 Å². The maximum atomic E-state index is 11.7. The zero-order valence-corrected chi connectivity index (χ0v) is 12.4. The fraction of sp³-hybridized carbons (Fsp3) is 0.429. The summed E-state index contributed by atoms with van der Waals surface area (Å²) in [4.78, 5) is 22.6. The molecule has 0 bridgehead atoms. The molecule has 5 nitrogen and oxygen atoms in total. The zero-order chi connectivity index (χ0) is 15.0. The number of carboxylic acid groups (broad SMARTS) is 1. The van der Waals surface area contributed by atoms with Gasteiger partial charge in [0.1, 0.15) is 11.8 Å². The third kappa shape index (κ3) is 5.97. The summed E-state index contributed by atoms with van der Waals surface area (Å²) in [5, 5.41) is 11.5. The molecular formula is C14H19NO4S. The van der Waals surface area contributed by atoms with E-state index in [0.29, 0.717) is 17.9 Å². The van der Waals surface area contributed by atoms with Crippen molar-refractivity contribution in [1.82, 2.24) is 5.32 Å². The van der Waals surface area contributed by atoms with Crippen LogP contribution in [-0.4, -0.2) is 41.6 Å². The Labute approximate surface area is 122 Å². The van der Waals surface area contributed by atoms with Gasteiger partial charge in [-0.3, -0.25) is 4.79 Å². The molecule has 0 aliphatic rings. The van der Waals surface area contributed by atoms with Crippen molar-refractivity contribution in [2.75, 3.05) is 18.6 Å². The normalized spacial score (nSPS) is 11.7. The second-order valence-electron chi connectivity index (χ2n) is 4.34. The van der Waals surface area contributed by atoms with Crippen LogP contribution in [0.2, 0.25) is 0 Å². The number of hydrogen-bond donors (Lipinski definition) is 2. The molecule has 0 unspecified atom stereocenters. The van der Waals surface area contributed by atoms with Gasteiger partial charge in [-0.1, -0.05) is 17.7 Å². The summed E-state index contributed by atoms with van der Waals surface area (Å²) >= 11 is 1.54. The van der Waals surface area contributed by atoms with E-state index in [0.717, 1.165) is 5.56 Å². The van der Waals surface area contributed by atoms with Crippen LogP contribution in [0.5, 0.6) is 5.75 Å². The first-order valence-corrected chi connectivity index (χ1v) is 7.63. The predicted molar refractivity (Wildman–Crippen MR) is 79.2 cm³/mol. The highest BCUT2D eigenvalue weighted by Gasteiger charge is 2.19. The highest BCUT2D eigenvalue weighted by molar-refractivity contribution is 7.98. The van der Waals surface area contributed by atoms with Crippen molar-refractivity contribution < 1.29 is 19.4 Å². The Bertz CT molecular complexity index is 447. The number of thioether (sulfide) groups is 1. The Morgan fingerprint density at radius 3 is 2.55 bits per heavy atom. The van der Waals surface area contributed by atoms with Crippen molar-refractivity contribution in [2.45, 2.75) is 19.4 Å². The van der Waals surface area contributed by atoms with E-state index in [1.807, 2.05) is 25.3 Å². The molecule has 2 N–H and O–H groups in total. The van der Waals surface area contributed by atoms with Crippen LogP contribution < -0.4 is 10.1 Å². The SMILES string of the molecule is CSCC[C@H](NC(=O)COc1ccc(C)cc1)C(=O)O. The summed E-state index contributed by atoms with van der Waals surface area (Å²) in [5.74, 6) is -0.195. The largest absolute Gasteiger partial charge is 0.484 e. The second kappa shape index (κ2) is 8.47. The number of carboxylic acids is 1. The first kappa shape index (κ1) is 16.4. The fourth-order valence-corrected chi connectivity index (χ4v) is 1.98. The molecule has 0 saturated heterocycles. The van der Waals surface area contributed by atoms with Crippen molar-refractivity contribution in [1.29, 1.82) is 0 Å². The van der Waals surface area contributed by atoms with Crippen LogP contribution in [-0.2, 0) is 9.59 Å². The van der Waals surface area contributed by atoms with Crippen molar-refractivity contribution in [3.8, 4) is 5.75 Å². The number of amides is 1. The molecule has 1 amide bonds. The summed E-state index contributed by atoms with van der Waals surface area (Å²) in [7, 11) is 0. The van der Waals surface area contributed by atoms with E-state index in [1.165, 1.54) is 0 Å². The Balaban J connectivity index is 2.41. The standard InChI is InChI=1S/C14H19NO4S/c1-10-3-5-11(6-4-10)19-9-13(16)15-12(14(17)18)7-8-20-2/h3-6,12H,7-9H2,1-2H3,(H,15,16)(H,17,18)/t12-/m0/s1. The van der Waals surface area contributed by atoms with E-state index < -0.39 is 17.9 Å². The smallest absolute Gasteiger partial charge is 0.326 e. The van der Waals surface area contributed by atoms with Crippen LogP contribution in [0.25, 0.3) is 0 Å². The molecule has 0 saturated carbocycles. The third-order valence-electron chi connectivity index (χ3n) is 2.63. The minimum atomic E-state index is -1.03. The molecule has 0 fully saturated rings. The molecule has 1 aromatic rings. The molecule has 20 heavy (non-hydrogen) atoms. The molecular weight excluding hydrogens is 278 g/mol. The molecule has 1 rings (SSSR count). The van der Waals surface area contributed by atoms with Crippen LogP contribution in [0.15, 0.2) is 24.3 Å². The van der Waals surface area contributed by atoms with Gasteiger partial charge in [-0.15, -0.1) is 0 Å². The maximum Gasteiger partial charge on any atom is 0.326 e. The summed E-state index contributed by atoms with van der Waals surface area (Å²) < 4.78 is 5.30. The Morgan fingerprint density at radius 2 is 2.00 bits per heavy atom. The number of carbonyl (C=O) groups excluding carboxylic acids is 1. The number of benzene rings is 1. The molecule has 0 radical (unpaired) electrons. The highest BCUT2D eigenvalue weighted by Crippen LogP contribution is 2.11. The van der Waals surface area contributed by atoms with E-state index in [9.17, 15) is 9.59 Å². The monoisotopic (exact) mass is 297 g/mol. The minimum Gasteiger partial charge on any atom is -0.484 e. The minimum absolute atomic E-state index is 0.188. The first-order chi connectivity index (χ1) is 9.52. The van der Waals surface area contributed by atoms with E-state index in [-0.39, 0.29) is 6.61 Å². The van der Waals surface area contributed by atoms with Gasteiger partial charge in [0, 0.05) is 0 Å². The Hall–Kier alpha value is -1.69. The lowest BCUT2D eigenvalue weighted by Gasteiger charge is -2.14. The predicted octanol–water partition coefficient (Wildman–Crippen LogP) is 1.70. The van der Waals surface area contributed by atoms with Crippen LogP contribution in [0.1, 0.15) is 12.0 Å². The molecule has 110 valence electrons. The number of ether oxygens (including phenoxy) is 1. The topological polar surface area (TPSA) is 75.6 Å². The van der Waals surface area contributed by atoms with Crippen molar-refractivity contribution in [3.63, 3.8) is 0 Å². The van der Waals surface area contributed by atoms with Crippen molar-refractivity contribution >= 4 is 23.6 Å². The molecule has 6 heteroatoms. The van der Waals surface area contributed by atoms with Crippen LogP contribution >= 0.6 is 11.8 Å². The van der Waals surface area contributed by atoms with Gasteiger partial charge in [-0.2, -0.15) is 11.8 Å². The summed E-state index contributed by atoms with van der Waals surface area (Å²) in [6.45, 7) is 1.77. The van der Waals surface area contributed by atoms with Gasteiger partial charge in [0.15, 0.2) is 6.61 Å². The molecule has 1 aromatic carbocycles. The Morgan fingerprint density at radius 1 is 1.35 bits per heavy atom. The number of carbonyl (C=O) groups is 2. The van der Waals surface area contributed by atoms with E-state index in [2.05, 4.69) is 5.32 Å². The Kier molecular flexibility index (Phi) is 6.93. The second-order valence-corrected chi connectivity index (χ2v) is 5.33. The fourth-order valence-electron chi connectivity index (χ4n) is 1.51. The molecule has 0 aliphatic heterocycles. The number of nitrogens with one attached hydrogen (secondary N) is 1. The van der Waals surface area contributed by atoms with Gasteiger partial charge in [0.25, 0.3) is 5.91 Å².